The van der Waals surface area contributed by atoms with E-state index >= 15 is 0 Å². The summed E-state index contributed by atoms with van der Waals surface area (Å²) in [7, 11) is 1.30. The van der Waals surface area contributed by atoms with Crippen molar-refractivity contribution in [1.82, 2.24) is 0 Å². The zero-order chi connectivity index (χ0) is 14.1. The molecule has 0 aliphatic carbocycles. The number of rotatable bonds is 4. The van der Waals surface area contributed by atoms with Gasteiger partial charge in [-0.2, -0.15) is 0 Å². The number of hydrogen-bond donors (Lipinski definition) is 0. The number of methoxy groups -OCH3 is 1. The molecule has 0 unspecified atom stereocenters. The van der Waals surface area contributed by atoms with Gasteiger partial charge in [-0.1, -0.05) is 30.2 Å². The number of ketones is 1. The number of carbonyl (C=O) groups is 2. The fourth-order valence-corrected chi connectivity index (χ4v) is 1.59. The van der Waals surface area contributed by atoms with Crippen LogP contribution in [-0.4, -0.2) is 31.1 Å². The lowest BCUT2D eigenvalue weighted by Gasteiger charge is -2.22. The van der Waals surface area contributed by atoms with E-state index in [2.05, 4.69) is 16.6 Å². The molecule has 0 N–H and O–H groups in total. The Balaban J connectivity index is 2.41. The van der Waals surface area contributed by atoms with E-state index in [9.17, 15) is 9.59 Å². The van der Waals surface area contributed by atoms with Crippen LogP contribution < -0.4 is 0 Å². The van der Waals surface area contributed by atoms with Gasteiger partial charge in [-0.25, -0.2) is 4.79 Å². The van der Waals surface area contributed by atoms with Crippen LogP contribution >= 0.6 is 0 Å². The third-order valence-corrected chi connectivity index (χ3v) is 2.50. The molecule has 0 bridgehead atoms. The van der Waals surface area contributed by atoms with Crippen LogP contribution in [0, 0.1) is 11.8 Å². The van der Waals surface area contributed by atoms with E-state index in [0.29, 0.717) is 12.8 Å². The van der Waals surface area contributed by atoms with Crippen molar-refractivity contribution in [2.24, 2.45) is 0 Å². The Morgan fingerprint density at radius 1 is 1.53 bits per heavy atom. The molecule has 0 radical (unpaired) electrons. The van der Waals surface area contributed by atoms with Gasteiger partial charge >= 0.3 is 5.97 Å². The van der Waals surface area contributed by atoms with E-state index in [1.54, 1.807) is 6.92 Å². The zero-order valence-electron chi connectivity index (χ0n) is 11.2. The Morgan fingerprint density at radius 2 is 2.32 bits per heavy atom. The highest BCUT2D eigenvalue weighted by atomic mass is 16.5. The molecule has 0 spiro atoms. The first-order valence-corrected chi connectivity index (χ1v) is 6.17. The number of carbonyl (C=O) groups excluding carboxylic acids is 2. The van der Waals surface area contributed by atoms with Gasteiger partial charge in [0.2, 0.25) is 0 Å². The third-order valence-electron chi connectivity index (χ3n) is 2.50. The maximum Gasteiger partial charge on any atom is 0.384 e. The molecule has 0 saturated heterocycles. The van der Waals surface area contributed by atoms with Crippen LogP contribution in [0.5, 0.6) is 0 Å². The van der Waals surface area contributed by atoms with Gasteiger partial charge in [0, 0.05) is 18.8 Å². The topological polar surface area (TPSA) is 52.6 Å². The van der Waals surface area contributed by atoms with Gasteiger partial charge < -0.3 is 9.47 Å². The normalized spacial score (nSPS) is 21.8. The molecule has 0 aromatic carbocycles. The van der Waals surface area contributed by atoms with Gasteiger partial charge in [-0.3, -0.25) is 4.79 Å². The number of hydrogen-bond acceptors (Lipinski definition) is 4. The maximum atomic E-state index is 10.8. The monoisotopic (exact) mass is 262 g/mol. The van der Waals surface area contributed by atoms with Crippen LogP contribution in [0.1, 0.15) is 26.2 Å². The van der Waals surface area contributed by atoms with Gasteiger partial charge in [-0.15, -0.1) is 0 Å². The van der Waals surface area contributed by atoms with Gasteiger partial charge in [0.25, 0.3) is 0 Å². The molecular weight excluding hydrogens is 244 g/mol. The van der Waals surface area contributed by atoms with Gasteiger partial charge in [0.05, 0.1) is 19.3 Å². The molecule has 1 aliphatic heterocycles. The molecule has 0 aromatic rings. The molecule has 0 fully saturated rings. The van der Waals surface area contributed by atoms with Gasteiger partial charge in [-0.05, 0) is 13.3 Å². The van der Waals surface area contributed by atoms with E-state index in [-0.39, 0.29) is 18.0 Å². The number of esters is 1. The summed E-state index contributed by atoms with van der Waals surface area (Å²) in [5, 5.41) is 0. The second-order valence-corrected chi connectivity index (χ2v) is 4.21. The predicted molar refractivity (Wildman–Crippen MR) is 71.3 cm³/mol. The zero-order valence-corrected chi connectivity index (χ0v) is 11.2. The highest BCUT2D eigenvalue weighted by Gasteiger charge is 2.14. The molecule has 0 amide bonds. The maximum absolute atomic E-state index is 10.8. The van der Waals surface area contributed by atoms with Crippen LogP contribution in [0.2, 0.25) is 0 Å². The van der Waals surface area contributed by atoms with Crippen LogP contribution in [0.4, 0.5) is 0 Å². The summed E-state index contributed by atoms with van der Waals surface area (Å²) in [6.45, 7) is 1.55. The summed E-state index contributed by atoms with van der Waals surface area (Å²) in [5.74, 6) is 4.67. The van der Waals surface area contributed by atoms with Crippen LogP contribution in [0.25, 0.3) is 0 Å². The summed E-state index contributed by atoms with van der Waals surface area (Å²) in [6, 6.07) is 0. The Labute approximate surface area is 113 Å². The van der Waals surface area contributed by atoms with Crippen molar-refractivity contribution in [3.8, 4) is 11.8 Å². The predicted octanol–water partition coefficient (Wildman–Crippen LogP) is 1.80. The highest BCUT2D eigenvalue weighted by molar-refractivity contribution is 5.88. The van der Waals surface area contributed by atoms with Crippen LogP contribution in [0.3, 0.4) is 0 Å². The smallest absolute Gasteiger partial charge is 0.384 e. The van der Waals surface area contributed by atoms with Crippen molar-refractivity contribution >= 4 is 11.8 Å². The molecule has 102 valence electrons. The van der Waals surface area contributed by atoms with Crippen molar-refractivity contribution in [3.05, 3.63) is 24.3 Å². The van der Waals surface area contributed by atoms with Crippen molar-refractivity contribution in [3.63, 3.8) is 0 Å². The second kappa shape index (κ2) is 8.28. The van der Waals surface area contributed by atoms with Gasteiger partial charge in [0.15, 0.2) is 0 Å². The molecule has 1 aliphatic rings. The fraction of sp³-hybridized carbons (Fsp3) is 0.467. The lowest BCUT2D eigenvalue weighted by atomic mass is 10.1. The number of Topliss-reactive ketones (excluding diaryl/α,β-unsaturated/α-hetero) is 1. The SMILES string of the molecule is COC(=O)C#CC[C@@H]1C=CC[C@@H](C=CCC(C)=O)O1. The summed E-state index contributed by atoms with van der Waals surface area (Å²) in [4.78, 5) is 21.6. The van der Waals surface area contributed by atoms with Crippen molar-refractivity contribution in [2.45, 2.75) is 38.4 Å². The summed E-state index contributed by atoms with van der Waals surface area (Å²) in [6.07, 6.45) is 9.17. The van der Waals surface area contributed by atoms with Gasteiger partial charge in [0.1, 0.15) is 5.78 Å². The Hall–Kier alpha value is -1.86. The first kappa shape index (κ1) is 15.2. The minimum Gasteiger partial charge on any atom is -0.459 e. The van der Waals surface area contributed by atoms with E-state index in [1.807, 2.05) is 24.3 Å². The van der Waals surface area contributed by atoms with Crippen molar-refractivity contribution < 1.29 is 19.1 Å². The first-order chi connectivity index (χ1) is 9.11. The van der Waals surface area contributed by atoms with Crippen molar-refractivity contribution in [1.29, 1.82) is 0 Å². The van der Waals surface area contributed by atoms with Crippen LogP contribution in [0.15, 0.2) is 24.3 Å². The average molecular weight is 262 g/mol. The molecular formula is C15H18O4. The lowest BCUT2D eigenvalue weighted by Crippen LogP contribution is -2.22. The van der Waals surface area contributed by atoms with E-state index < -0.39 is 5.97 Å². The highest BCUT2D eigenvalue weighted by Crippen LogP contribution is 2.15. The Morgan fingerprint density at radius 3 is 3.00 bits per heavy atom. The molecule has 2 atom stereocenters. The number of ether oxygens (including phenoxy) is 2. The minimum absolute atomic E-state index is 0.0331. The lowest BCUT2D eigenvalue weighted by molar-refractivity contribution is -0.133. The molecule has 0 aromatic heterocycles. The summed E-state index contributed by atoms with van der Waals surface area (Å²) in [5.41, 5.74) is 0. The largest absolute Gasteiger partial charge is 0.459 e. The van der Waals surface area contributed by atoms with E-state index in [4.69, 9.17) is 4.74 Å². The minimum atomic E-state index is -0.544. The van der Waals surface area contributed by atoms with E-state index in [1.165, 1.54) is 7.11 Å². The molecule has 4 nitrogen and oxygen atoms in total. The van der Waals surface area contributed by atoms with E-state index in [0.717, 1.165) is 6.42 Å². The Bertz CT molecular complexity index is 437. The first-order valence-electron chi connectivity index (χ1n) is 6.17. The summed E-state index contributed by atoms with van der Waals surface area (Å²) >= 11 is 0. The third kappa shape index (κ3) is 6.58. The quantitative estimate of drug-likeness (QED) is 0.335. The van der Waals surface area contributed by atoms with Crippen molar-refractivity contribution in [2.75, 3.05) is 7.11 Å². The Kier molecular flexibility index (Phi) is 6.62. The molecule has 0 saturated carbocycles. The van der Waals surface area contributed by atoms with Crippen LogP contribution in [-0.2, 0) is 19.1 Å². The molecule has 19 heavy (non-hydrogen) atoms. The summed E-state index contributed by atoms with van der Waals surface area (Å²) < 4.78 is 10.2. The second-order valence-electron chi connectivity index (χ2n) is 4.21. The molecule has 1 rings (SSSR count). The standard InChI is InChI=1S/C15H18O4/c1-12(16)6-3-7-13-8-4-9-14(19-13)10-5-11-15(17)18-2/h3-4,7,9,13-14H,6,8,10H2,1-2H3/t13-,14+/m1/s1. The number of allylic oxidation sites excluding steroid dienone is 1. The molecule has 4 heteroatoms. The average Bonchev–Trinajstić information content (AvgIpc) is 2.38. The molecule has 1 heterocycles. The fourth-order valence-electron chi connectivity index (χ4n) is 1.59.